The lowest BCUT2D eigenvalue weighted by molar-refractivity contribution is 0.102. The van der Waals surface area contributed by atoms with Crippen LogP contribution < -0.4 is 15.6 Å². The first-order valence-electron chi connectivity index (χ1n) is 9.63. The zero-order chi connectivity index (χ0) is 22.1. The Morgan fingerprint density at radius 3 is 2.48 bits per heavy atom. The maximum atomic E-state index is 13.0. The maximum Gasteiger partial charge on any atom is 0.265 e. The maximum absolute atomic E-state index is 13.0. The third-order valence-electron chi connectivity index (χ3n) is 5.06. The summed E-state index contributed by atoms with van der Waals surface area (Å²) < 4.78 is 6.85. The van der Waals surface area contributed by atoms with Crippen molar-refractivity contribution in [1.82, 2.24) is 9.55 Å². The van der Waals surface area contributed by atoms with Crippen molar-refractivity contribution in [2.75, 3.05) is 12.4 Å². The SMILES string of the molecule is COc1cc(Cl)c(C)cc1NC(=O)c1ccc(-n2c(C)nc3ccccc3c2=O)cc1. The average Bonchev–Trinajstić information content (AvgIpc) is 2.76. The highest BCUT2D eigenvalue weighted by Crippen LogP contribution is 2.31. The van der Waals surface area contributed by atoms with Gasteiger partial charge in [0.15, 0.2) is 0 Å². The zero-order valence-electron chi connectivity index (χ0n) is 17.3. The first kappa shape index (κ1) is 20.6. The normalized spacial score (nSPS) is 10.8. The molecular formula is C24H20ClN3O3. The van der Waals surface area contributed by atoms with Crippen LogP contribution in [0, 0.1) is 13.8 Å². The van der Waals surface area contributed by atoms with Crippen molar-refractivity contribution in [2.24, 2.45) is 0 Å². The van der Waals surface area contributed by atoms with Gasteiger partial charge < -0.3 is 10.1 Å². The number of anilines is 1. The molecule has 0 saturated heterocycles. The van der Waals surface area contributed by atoms with Crippen LogP contribution in [0.25, 0.3) is 16.6 Å². The van der Waals surface area contributed by atoms with E-state index in [0.29, 0.717) is 44.4 Å². The minimum Gasteiger partial charge on any atom is -0.495 e. The molecule has 1 N–H and O–H groups in total. The Morgan fingerprint density at radius 2 is 1.77 bits per heavy atom. The Morgan fingerprint density at radius 1 is 1.06 bits per heavy atom. The molecule has 156 valence electrons. The van der Waals surface area contributed by atoms with Gasteiger partial charge in [-0.1, -0.05) is 23.7 Å². The van der Waals surface area contributed by atoms with Crippen LogP contribution in [-0.4, -0.2) is 22.6 Å². The fourth-order valence-electron chi connectivity index (χ4n) is 3.43. The summed E-state index contributed by atoms with van der Waals surface area (Å²) in [5, 5.41) is 3.95. The molecule has 3 aromatic carbocycles. The number of benzene rings is 3. The summed E-state index contributed by atoms with van der Waals surface area (Å²) >= 11 is 6.13. The summed E-state index contributed by atoms with van der Waals surface area (Å²) in [5.74, 6) is 0.750. The third kappa shape index (κ3) is 3.90. The van der Waals surface area contributed by atoms with Crippen LogP contribution in [-0.2, 0) is 0 Å². The predicted octanol–water partition coefficient (Wildman–Crippen LogP) is 4.92. The Hall–Kier alpha value is -3.64. The lowest BCUT2D eigenvalue weighted by Gasteiger charge is -2.13. The number of nitrogens with zero attached hydrogens (tertiary/aromatic N) is 2. The van der Waals surface area contributed by atoms with E-state index >= 15 is 0 Å². The van der Waals surface area contributed by atoms with Gasteiger partial charge in [-0.2, -0.15) is 0 Å². The van der Waals surface area contributed by atoms with E-state index in [1.807, 2.05) is 25.1 Å². The van der Waals surface area contributed by atoms with Gasteiger partial charge in [-0.05, 0) is 61.9 Å². The largest absolute Gasteiger partial charge is 0.495 e. The van der Waals surface area contributed by atoms with E-state index in [1.165, 1.54) is 11.7 Å². The number of nitrogens with one attached hydrogen (secondary N) is 1. The Balaban J connectivity index is 1.65. The van der Waals surface area contributed by atoms with E-state index in [-0.39, 0.29) is 11.5 Å². The highest BCUT2D eigenvalue weighted by atomic mass is 35.5. The van der Waals surface area contributed by atoms with Crippen LogP contribution in [0.5, 0.6) is 5.75 Å². The number of rotatable bonds is 4. The highest BCUT2D eigenvalue weighted by molar-refractivity contribution is 6.31. The summed E-state index contributed by atoms with van der Waals surface area (Å²) in [6.45, 7) is 3.63. The zero-order valence-corrected chi connectivity index (χ0v) is 18.0. The van der Waals surface area contributed by atoms with Crippen molar-refractivity contribution in [3.05, 3.63) is 93.0 Å². The van der Waals surface area contributed by atoms with Crippen molar-refractivity contribution in [2.45, 2.75) is 13.8 Å². The van der Waals surface area contributed by atoms with Crippen LogP contribution in [0.2, 0.25) is 5.02 Å². The number of carbonyl (C=O) groups excluding carboxylic acids is 1. The Labute approximate surface area is 184 Å². The second kappa shape index (κ2) is 8.24. The van der Waals surface area contributed by atoms with Crippen molar-refractivity contribution in [3.8, 4) is 11.4 Å². The minimum absolute atomic E-state index is 0.151. The molecule has 4 aromatic rings. The second-order valence-electron chi connectivity index (χ2n) is 7.12. The molecule has 0 aliphatic rings. The minimum atomic E-state index is -0.299. The van der Waals surface area contributed by atoms with Crippen molar-refractivity contribution < 1.29 is 9.53 Å². The molecule has 0 unspecified atom stereocenters. The standard InChI is InChI=1S/C24H20ClN3O3/c1-14-12-21(22(31-3)13-19(14)25)27-23(29)16-8-10-17(11-9-16)28-15(2)26-20-7-5-4-6-18(20)24(28)30/h4-13H,1-3H3,(H,27,29). The van der Waals surface area contributed by atoms with E-state index < -0.39 is 0 Å². The van der Waals surface area contributed by atoms with Gasteiger partial charge in [0, 0.05) is 16.7 Å². The first-order valence-corrected chi connectivity index (χ1v) is 10.0. The highest BCUT2D eigenvalue weighted by Gasteiger charge is 2.14. The monoisotopic (exact) mass is 433 g/mol. The molecule has 4 rings (SSSR count). The summed E-state index contributed by atoms with van der Waals surface area (Å²) in [5.41, 5.74) is 2.94. The number of ether oxygens (including phenoxy) is 1. The van der Waals surface area contributed by atoms with Crippen LogP contribution in [0.4, 0.5) is 5.69 Å². The average molecular weight is 434 g/mol. The number of para-hydroxylation sites is 1. The van der Waals surface area contributed by atoms with E-state index in [2.05, 4.69) is 10.3 Å². The van der Waals surface area contributed by atoms with Crippen LogP contribution >= 0.6 is 11.6 Å². The molecule has 0 bridgehead atoms. The molecule has 0 spiro atoms. The summed E-state index contributed by atoms with van der Waals surface area (Å²) in [6.07, 6.45) is 0. The number of fused-ring (bicyclic) bond motifs is 1. The lowest BCUT2D eigenvalue weighted by Crippen LogP contribution is -2.22. The fourth-order valence-corrected chi connectivity index (χ4v) is 3.59. The molecule has 6 nitrogen and oxygen atoms in total. The van der Waals surface area contributed by atoms with Crippen molar-refractivity contribution in [1.29, 1.82) is 0 Å². The summed E-state index contributed by atoms with van der Waals surface area (Å²) in [6, 6.07) is 17.4. The van der Waals surface area contributed by atoms with Gasteiger partial charge in [-0.3, -0.25) is 14.2 Å². The molecular weight excluding hydrogens is 414 g/mol. The number of hydrogen-bond donors (Lipinski definition) is 1. The number of hydrogen-bond acceptors (Lipinski definition) is 4. The number of amides is 1. The third-order valence-corrected chi connectivity index (χ3v) is 5.47. The van der Waals surface area contributed by atoms with Crippen LogP contribution in [0.1, 0.15) is 21.7 Å². The first-order chi connectivity index (χ1) is 14.9. The van der Waals surface area contributed by atoms with Gasteiger partial charge in [-0.15, -0.1) is 0 Å². The fraction of sp³-hybridized carbons (Fsp3) is 0.125. The summed E-state index contributed by atoms with van der Waals surface area (Å²) in [7, 11) is 1.52. The number of carbonyl (C=O) groups is 1. The van der Waals surface area contributed by atoms with Gasteiger partial charge in [0.25, 0.3) is 11.5 Å². The molecule has 0 saturated carbocycles. The van der Waals surface area contributed by atoms with E-state index in [0.717, 1.165) is 5.56 Å². The van der Waals surface area contributed by atoms with Gasteiger partial charge in [0.1, 0.15) is 11.6 Å². The van der Waals surface area contributed by atoms with E-state index in [1.54, 1.807) is 49.4 Å². The van der Waals surface area contributed by atoms with E-state index in [4.69, 9.17) is 16.3 Å². The predicted molar refractivity (Wildman–Crippen MR) is 123 cm³/mol. The van der Waals surface area contributed by atoms with Gasteiger partial charge >= 0.3 is 0 Å². The molecule has 7 heteroatoms. The number of aryl methyl sites for hydroxylation is 2. The van der Waals surface area contributed by atoms with Crippen LogP contribution in [0.15, 0.2) is 65.5 Å². The molecule has 0 fully saturated rings. The van der Waals surface area contributed by atoms with Gasteiger partial charge in [0.05, 0.1) is 29.4 Å². The van der Waals surface area contributed by atoms with Crippen molar-refractivity contribution in [3.63, 3.8) is 0 Å². The Bertz CT molecular complexity index is 1360. The molecule has 1 aromatic heterocycles. The Kier molecular flexibility index (Phi) is 5.48. The van der Waals surface area contributed by atoms with E-state index in [9.17, 15) is 9.59 Å². The molecule has 0 aliphatic carbocycles. The smallest absolute Gasteiger partial charge is 0.265 e. The van der Waals surface area contributed by atoms with Crippen molar-refractivity contribution >= 4 is 34.1 Å². The molecule has 0 atom stereocenters. The molecule has 0 aliphatic heterocycles. The molecule has 1 amide bonds. The number of halogens is 1. The number of aromatic nitrogens is 2. The second-order valence-corrected chi connectivity index (χ2v) is 7.53. The molecule has 0 radical (unpaired) electrons. The molecule has 1 heterocycles. The summed E-state index contributed by atoms with van der Waals surface area (Å²) in [4.78, 5) is 30.2. The van der Waals surface area contributed by atoms with Gasteiger partial charge in [0.2, 0.25) is 0 Å². The quantitative estimate of drug-likeness (QED) is 0.496. The topological polar surface area (TPSA) is 73.2 Å². The van der Waals surface area contributed by atoms with Crippen LogP contribution in [0.3, 0.4) is 0 Å². The van der Waals surface area contributed by atoms with Gasteiger partial charge in [-0.25, -0.2) is 4.98 Å². The molecule has 31 heavy (non-hydrogen) atoms. The number of methoxy groups -OCH3 is 1. The lowest BCUT2D eigenvalue weighted by atomic mass is 10.1.